The molecule has 1 aromatic rings. The normalized spacial score (nSPS) is 20.2. The summed E-state index contributed by atoms with van der Waals surface area (Å²) in [5.41, 5.74) is 0.131. The van der Waals surface area contributed by atoms with E-state index in [2.05, 4.69) is 21.2 Å². The van der Waals surface area contributed by atoms with Gasteiger partial charge in [0.05, 0.1) is 23.2 Å². The SMILES string of the molecule is O=C(CC1COCCN1)c1cccc(Br)c1F. The minimum atomic E-state index is -0.491. The van der Waals surface area contributed by atoms with Crippen molar-refractivity contribution in [3.8, 4) is 0 Å². The van der Waals surface area contributed by atoms with Crippen LogP contribution in [0.4, 0.5) is 4.39 Å². The number of rotatable bonds is 3. The second-order valence-corrected chi connectivity index (χ2v) is 4.81. The lowest BCUT2D eigenvalue weighted by Gasteiger charge is -2.23. The number of ketones is 1. The number of hydrogen-bond acceptors (Lipinski definition) is 3. The molecular formula is C12H13BrFNO2. The molecule has 0 bridgehead atoms. The Bertz CT molecular complexity index is 419. The first kappa shape index (κ1) is 12.7. The fourth-order valence-corrected chi connectivity index (χ4v) is 2.17. The molecule has 17 heavy (non-hydrogen) atoms. The molecule has 1 unspecified atom stereocenters. The maximum absolute atomic E-state index is 13.7. The van der Waals surface area contributed by atoms with Crippen LogP contribution in [0.15, 0.2) is 22.7 Å². The molecule has 1 N–H and O–H groups in total. The topological polar surface area (TPSA) is 38.3 Å². The Morgan fingerprint density at radius 2 is 2.41 bits per heavy atom. The maximum atomic E-state index is 13.7. The van der Waals surface area contributed by atoms with E-state index in [9.17, 15) is 9.18 Å². The summed E-state index contributed by atoms with van der Waals surface area (Å²) in [4.78, 5) is 11.9. The van der Waals surface area contributed by atoms with Crippen molar-refractivity contribution in [3.05, 3.63) is 34.1 Å². The monoisotopic (exact) mass is 301 g/mol. The highest BCUT2D eigenvalue weighted by Gasteiger charge is 2.20. The highest BCUT2D eigenvalue weighted by atomic mass is 79.9. The first-order valence-electron chi connectivity index (χ1n) is 5.47. The molecule has 1 aliphatic rings. The van der Waals surface area contributed by atoms with Crippen LogP contribution >= 0.6 is 15.9 Å². The van der Waals surface area contributed by atoms with E-state index in [0.29, 0.717) is 17.7 Å². The average Bonchev–Trinajstić information content (AvgIpc) is 2.34. The van der Waals surface area contributed by atoms with E-state index in [1.807, 2.05) is 0 Å². The van der Waals surface area contributed by atoms with E-state index in [1.165, 1.54) is 6.07 Å². The first-order valence-corrected chi connectivity index (χ1v) is 6.26. The fourth-order valence-electron chi connectivity index (χ4n) is 1.80. The summed E-state index contributed by atoms with van der Waals surface area (Å²) in [5.74, 6) is -0.693. The summed E-state index contributed by atoms with van der Waals surface area (Å²) in [6, 6.07) is 4.72. The van der Waals surface area contributed by atoms with Gasteiger partial charge in [-0.2, -0.15) is 0 Å². The highest BCUT2D eigenvalue weighted by Crippen LogP contribution is 2.20. The van der Waals surface area contributed by atoms with Gasteiger partial charge in [0.2, 0.25) is 0 Å². The molecule has 1 saturated heterocycles. The lowest BCUT2D eigenvalue weighted by Crippen LogP contribution is -2.42. The van der Waals surface area contributed by atoms with Crippen LogP contribution in [-0.4, -0.2) is 31.6 Å². The summed E-state index contributed by atoms with van der Waals surface area (Å²) in [5, 5.41) is 3.17. The number of Topliss-reactive ketones (excluding diaryl/α,β-unsaturated/α-hetero) is 1. The molecule has 0 radical (unpaired) electrons. The lowest BCUT2D eigenvalue weighted by atomic mass is 10.0. The first-order chi connectivity index (χ1) is 8.18. The Labute approximate surface area is 107 Å². The van der Waals surface area contributed by atoms with Gasteiger partial charge in [0.25, 0.3) is 0 Å². The Kier molecular flexibility index (Phi) is 4.25. The summed E-state index contributed by atoms with van der Waals surface area (Å²) >= 11 is 3.07. The third-order valence-corrected chi connectivity index (χ3v) is 3.29. The zero-order valence-electron chi connectivity index (χ0n) is 9.21. The van der Waals surface area contributed by atoms with E-state index < -0.39 is 5.82 Å². The van der Waals surface area contributed by atoms with Crippen molar-refractivity contribution in [2.75, 3.05) is 19.8 Å². The highest BCUT2D eigenvalue weighted by molar-refractivity contribution is 9.10. The molecule has 1 atom stereocenters. The van der Waals surface area contributed by atoms with Gasteiger partial charge in [0.1, 0.15) is 5.82 Å². The van der Waals surface area contributed by atoms with Crippen molar-refractivity contribution >= 4 is 21.7 Å². The zero-order valence-corrected chi connectivity index (χ0v) is 10.8. The summed E-state index contributed by atoms with van der Waals surface area (Å²) < 4.78 is 19.3. The summed E-state index contributed by atoms with van der Waals surface area (Å²) in [6.45, 7) is 1.90. The molecule has 1 heterocycles. The summed E-state index contributed by atoms with van der Waals surface area (Å²) in [7, 11) is 0. The van der Waals surface area contributed by atoms with E-state index >= 15 is 0 Å². The van der Waals surface area contributed by atoms with Gasteiger partial charge in [-0.15, -0.1) is 0 Å². The molecule has 0 aliphatic carbocycles. The Morgan fingerprint density at radius 3 is 3.12 bits per heavy atom. The minimum absolute atomic E-state index is 0.0189. The third kappa shape index (κ3) is 3.12. The van der Waals surface area contributed by atoms with E-state index in [0.717, 1.165) is 6.54 Å². The van der Waals surface area contributed by atoms with Crippen molar-refractivity contribution in [2.24, 2.45) is 0 Å². The van der Waals surface area contributed by atoms with Crippen molar-refractivity contribution in [1.82, 2.24) is 5.32 Å². The molecule has 5 heteroatoms. The second kappa shape index (κ2) is 5.71. The van der Waals surface area contributed by atoms with Gasteiger partial charge in [-0.05, 0) is 28.1 Å². The van der Waals surface area contributed by atoms with Crippen LogP contribution in [0.1, 0.15) is 16.8 Å². The van der Waals surface area contributed by atoms with Gasteiger partial charge >= 0.3 is 0 Å². The van der Waals surface area contributed by atoms with Crippen LogP contribution in [-0.2, 0) is 4.74 Å². The minimum Gasteiger partial charge on any atom is -0.378 e. The van der Waals surface area contributed by atoms with Crippen molar-refractivity contribution < 1.29 is 13.9 Å². The number of hydrogen-bond donors (Lipinski definition) is 1. The van der Waals surface area contributed by atoms with Crippen LogP contribution in [0.25, 0.3) is 0 Å². The van der Waals surface area contributed by atoms with Gasteiger partial charge in [-0.1, -0.05) is 6.07 Å². The van der Waals surface area contributed by atoms with Crippen LogP contribution in [0.2, 0.25) is 0 Å². The molecule has 1 aliphatic heterocycles. The number of halogens is 2. The predicted octanol–water partition coefficient (Wildman–Crippen LogP) is 2.15. The Morgan fingerprint density at radius 1 is 1.59 bits per heavy atom. The zero-order chi connectivity index (χ0) is 12.3. The molecule has 0 saturated carbocycles. The molecule has 0 amide bonds. The number of carbonyl (C=O) groups is 1. The Balaban J connectivity index is 2.06. The van der Waals surface area contributed by atoms with Crippen molar-refractivity contribution in [1.29, 1.82) is 0 Å². The fraction of sp³-hybridized carbons (Fsp3) is 0.417. The molecule has 0 spiro atoms. The standard InChI is InChI=1S/C12H13BrFNO2/c13-10-3-1-2-9(12(10)14)11(16)6-8-7-17-5-4-15-8/h1-3,8,15H,4-7H2. The molecular weight excluding hydrogens is 289 g/mol. The largest absolute Gasteiger partial charge is 0.378 e. The van der Waals surface area contributed by atoms with E-state index in [4.69, 9.17) is 4.74 Å². The lowest BCUT2D eigenvalue weighted by molar-refractivity contribution is 0.0674. The molecule has 1 aromatic carbocycles. The average molecular weight is 302 g/mol. The van der Waals surface area contributed by atoms with Gasteiger partial charge in [-0.25, -0.2) is 4.39 Å². The number of benzene rings is 1. The van der Waals surface area contributed by atoms with Gasteiger partial charge in [-0.3, -0.25) is 4.79 Å². The quantitative estimate of drug-likeness (QED) is 0.870. The van der Waals surface area contributed by atoms with Crippen molar-refractivity contribution in [2.45, 2.75) is 12.5 Å². The van der Waals surface area contributed by atoms with Gasteiger partial charge in [0, 0.05) is 19.0 Å². The summed E-state index contributed by atoms with van der Waals surface area (Å²) in [6.07, 6.45) is 0.257. The molecule has 92 valence electrons. The number of morpholine rings is 1. The van der Waals surface area contributed by atoms with Gasteiger partial charge < -0.3 is 10.1 Å². The second-order valence-electron chi connectivity index (χ2n) is 3.95. The molecule has 2 rings (SSSR count). The van der Waals surface area contributed by atoms with E-state index in [1.54, 1.807) is 12.1 Å². The van der Waals surface area contributed by atoms with E-state index in [-0.39, 0.29) is 23.8 Å². The predicted molar refractivity (Wildman–Crippen MR) is 65.7 cm³/mol. The smallest absolute Gasteiger partial charge is 0.167 e. The number of ether oxygens (including phenoxy) is 1. The third-order valence-electron chi connectivity index (χ3n) is 2.68. The van der Waals surface area contributed by atoms with Crippen LogP contribution < -0.4 is 5.32 Å². The van der Waals surface area contributed by atoms with Crippen molar-refractivity contribution in [3.63, 3.8) is 0 Å². The number of nitrogens with one attached hydrogen (secondary N) is 1. The number of carbonyl (C=O) groups excluding carboxylic acids is 1. The maximum Gasteiger partial charge on any atom is 0.167 e. The Hall–Kier alpha value is -0.780. The molecule has 0 aromatic heterocycles. The van der Waals surface area contributed by atoms with Crippen LogP contribution in [0.3, 0.4) is 0 Å². The molecule has 1 fully saturated rings. The van der Waals surface area contributed by atoms with Crippen LogP contribution in [0.5, 0.6) is 0 Å². The van der Waals surface area contributed by atoms with Gasteiger partial charge in [0.15, 0.2) is 5.78 Å². The molecule has 3 nitrogen and oxygen atoms in total. The van der Waals surface area contributed by atoms with Crippen LogP contribution in [0, 0.1) is 5.82 Å².